The Balaban J connectivity index is 1.96. The van der Waals surface area contributed by atoms with E-state index in [0.29, 0.717) is 11.3 Å². The van der Waals surface area contributed by atoms with Gasteiger partial charge in [0.15, 0.2) is 0 Å². The van der Waals surface area contributed by atoms with E-state index in [9.17, 15) is 8.42 Å². The zero-order valence-corrected chi connectivity index (χ0v) is 11.2. The molecule has 1 aromatic heterocycles. The number of hydrogen-bond donors (Lipinski definition) is 1. The van der Waals surface area contributed by atoms with Crippen molar-refractivity contribution in [3.63, 3.8) is 0 Å². The first kappa shape index (κ1) is 13.4. The predicted molar refractivity (Wildman–Crippen MR) is 73.2 cm³/mol. The molecule has 0 radical (unpaired) electrons. The summed E-state index contributed by atoms with van der Waals surface area (Å²) in [7, 11) is -3.49. The number of hydrazone groups is 1. The van der Waals surface area contributed by atoms with Crippen LogP contribution in [-0.2, 0) is 15.8 Å². The fraction of sp³-hybridized carbons (Fsp3) is 0.154. The van der Waals surface area contributed by atoms with E-state index < -0.39 is 10.0 Å². The van der Waals surface area contributed by atoms with Gasteiger partial charge in [-0.3, -0.25) is 0 Å². The molecule has 1 heterocycles. The summed E-state index contributed by atoms with van der Waals surface area (Å²) >= 11 is 0. The van der Waals surface area contributed by atoms with E-state index in [1.807, 2.05) is 6.07 Å². The van der Waals surface area contributed by atoms with Crippen molar-refractivity contribution in [1.29, 1.82) is 0 Å². The minimum atomic E-state index is -3.49. The third kappa shape index (κ3) is 4.26. The summed E-state index contributed by atoms with van der Waals surface area (Å²) in [6, 6.07) is 12.4. The summed E-state index contributed by atoms with van der Waals surface area (Å²) < 4.78 is 28.7. The Hall–Kier alpha value is -2.08. The van der Waals surface area contributed by atoms with Gasteiger partial charge in [-0.05, 0) is 24.6 Å². The van der Waals surface area contributed by atoms with Crippen molar-refractivity contribution < 1.29 is 12.8 Å². The third-order valence-corrected chi connectivity index (χ3v) is 3.44. The number of nitrogens with one attached hydrogen (secondary N) is 1. The number of aryl methyl sites for hydroxylation is 1. The number of rotatable bonds is 5. The summed E-state index contributed by atoms with van der Waals surface area (Å²) in [5, 5.41) is 3.67. The summed E-state index contributed by atoms with van der Waals surface area (Å²) in [5.74, 6) is 1.14. The Morgan fingerprint density at radius 1 is 1.21 bits per heavy atom. The fourth-order valence-electron chi connectivity index (χ4n) is 1.52. The number of furan rings is 1. The Kier molecular flexibility index (Phi) is 4.01. The van der Waals surface area contributed by atoms with Gasteiger partial charge in [0.2, 0.25) is 0 Å². The van der Waals surface area contributed by atoms with Gasteiger partial charge in [0.25, 0.3) is 10.0 Å². The Bertz CT molecular complexity index is 660. The minimum Gasteiger partial charge on any atom is -0.460 e. The van der Waals surface area contributed by atoms with Crippen molar-refractivity contribution in [3.8, 4) is 0 Å². The summed E-state index contributed by atoms with van der Waals surface area (Å²) in [6.45, 7) is 1.80. The number of hydrogen-bond acceptors (Lipinski definition) is 4. The van der Waals surface area contributed by atoms with Gasteiger partial charge in [-0.15, -0.1) is 0 Å². The lowest BCUT2D eigenvalue weighted by Gasteiger charge is -2.02. The molecule has 1 aromatic carbocycles. The molecule has 5 nitrogen and oxygen atoms in total. The van der Waals surface area contributed by atoms with Gasteiger partial charge in [-0.2, -0.15) is 5.10 Å². The minimum absolute atomic E-state index is 0.109. The molecule has 0 atom stereocenters. The molecule has 2 aromatic rings. The van der Waals surface area contributed by atoms with Crippen LogP contribution in [0, 0.1) is 6.92 Å². The predicted octanol–water partition coefficient (Wildman–Crippen LogP) is 2.04. The molecule has 0 fully saturated rings. The molecule has 19 heavy (non-hydrogen) atoms. The Morgan fingerprint density at radius 2 is 1.95 bits per heavy atom. The normalized spacial score (nSPS) is 11.8. The van der Waals surface area contributed by atoms with Crippen LogP contribution in [-0.4, -0.2) is 14.6 Å². The maximum atomic E-state index is 11.7. The van der Waals surface area contributed by atoms with Crippen molar-refractivity contribution in [1.82, 2.24) is 4.83 Å². The monoisotopic (exact) mass is 278 g/mol. The molecule has 100 valence electrons. The van der Waals surface area contributed by atoms with E-state index in [-0.39, 0.29) is 5.75 Å². The number of sulfonamides is 1. The second-order valence-corrected chi connectivity index (χ2v) is 5.74. The highest BCUT2D eigenvalue weighted by atomic mass is 32.2. The van der Waals surface area contributed by atoms with Crippen LogP contribution in [0.5, 0.6) is 0 Å². The molecule has 0 spiro atoms. The molecule has 1 N–H and O–H groups in total. The van der Waals surface area contributed by atoms with Crippen molar-refractivity contribution in [2.24, 2.45) is 5.10 Å². The molecular weight excluding hydrogens is 264 g/mol. The third-order valence-electron chi connectivity index (χ3n) is 2.34. The summed E-state index contributed by atoms with van der Waals surface area (Å²) in [5.41, 5.74) is 0.707. The van der Waals surface area contributed by atoms with Gasteiger partial charge in [0, 0.05) is 0 Å². The van der Waals surface area contributed by atoms with E-state index in [0.717, 1.165) is 5.76 Å². The summed E-state index contributed by atoms with van der Waals surface area (Å²) in [4.78, 5) is 2.15. The SMILES string of the molecule is Cc1ccc(/C=N/NS(=O)(=O)Cc2ccccc2)o1. The van der Waals surface area contributed by atoms with Gasteiger partial charge in [0.05, 0.1) is 12.0 Å². The first-order valence-electron chi connectivity index (χ1n) is 5.68. The Labute approximate surface area is 112 Å². The molecule has 0 aliphatic carbocycles. The highest BCUT2D eigenvalue weighted by Gasteiger charge is 2.09. The molecular formula is C13H14N2O3S. The molecule has 0 bridgehead atoms. The standard InChI is InChI=1S/C13H14N2O3S/c1-11-7-8-13(18-11)9-14-15-19(16,17)10-12-5-3-2-4-6-12/h2-9,15H,10H2,1H3/b14-9+. The molecule has 0 saturated carbocycles. The van der Waals surface area contributed by atoms with Gasteiger partial charge in [-0.25, -0.2) is 13.2 Å². The van der Waals surface area contributed by atoms with Crippen LogP contribution in [0.4, 0.5) is 0 Å². The molecule has 0 amide bonds. The quantitative estimate of drug-likeness (QED) is 0.672. The largest absolute Gasteiger partial charge is 0.460 e. The van der Waals surface area contributed by atoms with Gasteiger partial charge in [0.1, 0.15) is 11.5 Å². The highest BCUT2D eigenvalue weighted by molar-refractivity contribution is 7.88. The highest BCUT2D eigenvalue weighted by Crippen LogP contribution is 2.05. The zero-order valence-electron chi connectivity index (χ0n) is 10.4. The topological polar surface area (TPSA) is 71.7 Å². The van der Waals surface area contributed by atoms with E-state index in [4.69, 9.17) is 4.42 Å². The second kappa shape index (κ2) is 5.71. The van der Waals surface area contributed by atoms with Crippen LogP contribution >= 0.6 is 0 Å². The molecule has 6 heteroatoms. The van der Waals surface area contributed by atoms with Crippen LogP contribution in [0.1, 0.15) is 17.1 Å². The molecule has 0 unspecified atom stereocenters. The van der Waals surface area contributed by atoms with Crippen molar-refractivity contribution in [3.05, 3.63) is 59.5 Å². The summed E-state index contributed by atoms with van der Waals surface area (Å²) in [6.07, 6.45) is 1.33. The van der Waals surface area contributed by atoms with E-state index in [1.54, 1.807) is 43.3 Å². The lowest BCUT2D eigenvalue weighted by Crippen LogP contribution is -2.20. The van der Waals surface area contributed by atoms with Gasteiger partial charge < -0.3 is 4.42 Å². The molecule has 2 rings (SSSR count). The van der Waals surface area contributed by atoms with Crippen molar-refractivity contribution in [2.75, 3.05) is 0 Å². The van der Waals surface area contributed by atoms with E-state index >= 15 is 0 Å². The van der Waals surface area contributed by atoms with E-state index in [1.165, 1.54) is 6.21 Å². The maximum absolute atomic E-state index is 11.7. The first-order chi connectivity index (χ1) is 9.05. The number of benzene rings is 1. The maximum Gasteiger partial charge on any atom is 0.251 e. The fourth-order valence-corrected chi connectivity index (χ4v) is 2.43. The molecule has 0 saturated heterocycles. The first-order valence-corrected chi connectivity index (χ1v) is 7.33. The smallest absolute Gasteiger partial charge is 0.251 e. The molecule has 0 aliphatic heterocycles. The lowest BCUT2D eigenvalue weighted by molar-refractivity contribution is 0.527. The lowest BCUT2D eigenvalue weighted by atomic mass is 10.2. The van der Waals surface area contributed by atoms with Crippen LogP contribution in [0.3, 0.4) is 0 Å². The van der Waals surface area contributed by atoms with Crippen LogP contribution in [0.2, 0.25) is 0 Å². The van der Waals surface area contributed by atoms with Crippen molar-refractivity contribution >= 4 is 16.2 Å². The Morgan fingerprint density at radius 3 is 2.58 bits per heavy atom. The average Bonchev–Trinajstić information content (AvgIpc) is 2.75. The van der Waals surface area contributed by atoms with Gasteiger partial charge >= 0.3 is 0 Å². The van der Waals surface area contributed by atoms with Crippen LogP contribution in [0.15, 0.2) is 52.0 Å². The van der Waals surface area contributed by atoms with Crippen molar-refractivity contribution in [2.45, 2.75) is 12.7 Å². The molecule has 0 aliphatic rings. The van der Waals surface area contributed by atoms with Crippen LogP contribution < -0.4 is 4.83 Å². The number of nitrogens with zero attached hydrogens (tertiary/aromatic N) is 1. The second-order valence-electron chi connectivity index (χ2n) is 4.04. The van der Waals surface area contributed by atoms with Crippen LogP contribution in [0.25, 0.3) is 0 Å². The van der Waals surface area contributed by atoms with E-state index in [2.05, 4.69) is 9.93 Å². The van der Waals surface area contributed by atoms with Gasteiger partial charge in [-0.1, -0.05) is 30.3 Å². The zero-order chi connectivity index (χ0) is 13.7. The average molecular weight is 278 g/mol.